The number of nitriles is 1. The lowest BCUT2D eigenvalue weighted by Crippen LogP contribution is -2.40. The van der Waals surface area contributed by atoms with Gasteiger partial charge in [-0.3, -0.25) is 9.36 Å². The lowest BCUT2D eigenvalue weighted by atomic mass is 9.84. The number of nitrogens with two attached hydrogens (primary N) is 1. The SMILES string of the molecule is COC(=O)C1=C(N)n2c(s/c(=C\c3ccccc3)c2=O)=C(C#N)[C@H]1c1ccccc1. The molecule has 0 saturated heterocycles. The summed E-state index contributed by atoms with van der Waals surface area (Å²) in [5.74, 6) is -1.41. The van der Waals surface area contributed by atoms with Gasteiger partial charge in [-0.05, 0) is 17.2 Å². The van der Waals surface area contributed by atoms with Crippen LogP contribution < -0.4 is 20.5 Å². The minimum absolute atomic E-state index is 0.0151. The van der Waals surface area contributed by atoms with Gasteiger partial charge < -0.3 is 10.5 Å². The summed E-state index contributed by atoms with van der Waals surface area (Å²) >= 11 is 1.18. The molecule has 0 unspecified atom stereocenters. The number of hydrogen-bond donors (Lipinski definition) is 1. The molecule has 6 nitrogen and oxygen atoms in total. The van der Waals surface area contributed by atoms with Gasteiger partial charge in [-0.15, -0.1) is 11.3 Å². The molecule has 30 heavy (non-hydrogen) atoms. The Labute approximate surface area is 176 Å². The van der Waals surface area contributed by atoms with Gasteiger partial charge in [0.05, 0.1) is 34.8 Å². The summed E-state index contributed by atoms with van der Waals surface area (Å²) in [6.07, 6.45) is 1.75. The molecule has 148 valence electrons. The molecule has 2 N–H and O–H groups in total. The molecule has 0 fully saturated rings. The summed E-state index contributed by atoms with van der Waals surface area (Å²) in [7, 11) is 1.25. The largest absolute Gasteiger partial charge is 0.466 e. The molecule has 2 aromatic carbocycles. The van der Waals surface area contributed by atoms with Crippen LogP contribution in [0.1, 0.15) is 17.0 Å². The maximum absolute atomic E-state index is 13.1. The van der Waals surface area contributed by atoms with Gasteiger partial charge in [0.15, 0.2) is 0 Å². The Bertz CT molecular complexity index is 1380. The molecule has 0 aliphatic carbocycles. The van der Waals surface area contributed by atoms with Crippen LogP contribution in [0, 0.1) is 11.3 Å². The van der Waals surface area contributed by atoms with E-state index in [1.165, 1.54) is 23.0 Å². The number of rotatable bonds is 3. The van der Waals surface area contributed by atoms with Crippen LogP contribution in [-0.4, -0.2) is 17.6 Å². The van der Waals surface area contributed by atoms with Gasteiger partial charge in [0.1, 0.15) is 10.5 Å². The van der Waals surface area contributed by atoms with Gasteiger partial charge in [0, 0.05) is 0 Å². The quantitative estimate of drug-likeness (QED) is 0.654. The molecular formula is C23H17N3O3S. The molecule has 1 atom stereocenters. The lowest BCUT2D eigenvalue weighted by Gasteiger charge is -2.24. The molecule has 0 radical (unpaired) electrons. The smallest absolute Gasteiger partial charge is 0.338 e. The van der Waals surface area contributed by atoms with E-state index in [9.17, 15) is 14.9 Å². The van der Waals surface area contributed by atoms with Crippen molar-refractivity contribution < 1.29 is 9.53 Å². The first-order valence-corrected chi connectivity index (χ1v) is 9.94. The molecule has 0 amide bonds. The van der Waals surface area contributed by atoms with E-state index in [4.69, 9.17) is 10.5 Å². The van der Waals surface area contributed by atoms with Gasteiger partial charge in [-0.1, -0.05) is 60.7 Å². The number of hydrogen-bond acceptors (Lipinski definition) is 6. The average molecular weight is 415 g/mol. The Morgan fingerprint density at radius 2 is 1.80 bits per heavy atom. The van der Waals surface area contributed by atoms with Crippen molar-refractivity contribution in [1.29, 1.82) is 5.26 Å². The van der Waals surface area contributed by atoms with Gasteiger partial charge >= 0.3 is 5.97 Å². The minimum Gasteiger partial charge on any atom is -0.466 e. The number of carbonyl (C=O) groups is 1. The second-order valence-electron chi connectivity index (χ2n) is 6.63. The highest BCUT2D eigenvalue weighted by Gasteiger charge is 2.36. The van der Waals surface area contributed by atoms with Gasteiger partial charge in [0.25, 0.3) is 5.56 Å². The maximum atomic E-state index is 13.1. The van der Waals surface area contributed by atoms with Crippen LogP contribution in [0.3, 0.4) is 0 Å². The summed E-state index contributed by atoms with van der Waals surface area (Å²) in [5.41, 5.74) is 7.89. The maximum Gasteiger partial charge on any atom is 0.338 e. The fourth-order valence-corrected chi connectivity index (χ4v) is 4.67. The van der Waals surface area contributed by atoms with Crippen molar-refractivity contribution in [2.45, 2.75) is 5.92 Å². The van der Waals surface area contributed by atoms with Crippen LogP contribution in [0.5, 0.6) is 0 Å². The number of methoxy groups -OCH3 is 1. The predicted molar refractivity (Wildman–Crippen MR) is 115 cm³/mol. The van der Waals surface area contributed by atoms with Crippen molar-refractivity contribution in [2.75, 3.05) is 7.11 Å². The highest BCUT2D eigenvalue weighted by Crippen LogP contribution is 2.36. The first-order valence-electron chi connectivity index (χ1n) is 9.13. The standard InChI is InChI=1S/C23H17N3O3S/c1-29-23(28)19-18(15-10-6-3-7-11-15)16(13-24)22-26(20(19)25)21(27)17(30-22)12-14-8-4-2-5-9-14/h2-12,18H,25H2,1H3/b17-12-/t18-/m1/s1. The summed E-state index contributed by atoms with van der Waals surface area (Å²) in [4.78, 5) is 25.8. The van der Waals surface area contributed by atoms with Crippen LogP contribution in [0.2, 0.25) is 0 Å². The molecule has 0 spiro atoms. The third-order valence-electron chi connectivity index (χ3n) is 4.90. The number of carbonyl (C=O) groups excluding carboxylic acids is 1. The second kappa shape index (κ2) is 7.85. The van der Waals surface area contributed by atoms with E-state index in [1.54, 1.807) is 6.08 Å². The second-order valence-corrected chi connectivity index (χ2v) is 7.66. The zero-order chi connectivity index (χ0) is 21.3. The summed E-state index contributed by atoms with van der Waals surface area (Å²) in [6, 6.07) is 20.7. The van der Waals surface area contributed by atoms with E-state index in [2.05, 4.69) is 6.07 Å². The highest BCUT2D eigenvalue weighted by molar-refractivity contribution is 7.07. The Morgan fingerprint density at radius 3 is 2.40 bits per heavy atom. The molecule has 0 saturated carbocycles. The normalized spacial score (nSPS) is 16.2. The number of fused-ring (bicyclic) bond motifs is 1. The van der Waals surface area contributed by atoms with Crippen molar-refractivity contribution in [3.8, 4) is 6.07 Å². The average Bonchev–Trinajstić information content (AvgIpc) is 3.10. The highest BCUT2D eigenvalue weighted by atomic mass is 32.1. The number of ether oxygens (including phenoxy) is 1. The number of esters is 1. The minimum atomic E-state index is -0.716. The third-order valence-corrected chi connectivity index (χ3v) is 6.01. The van der Waals surface area contributed by atoms with Gasteiger partial charge in [-0.2, -0.15) is 5.26 Å². The Morgan fingerprint density at radius 1 is 1.17 bits per heavy atom. The van der Waals surface area contributed by atoms with Crippen LogP contribution >= 0.6 is 11.3 Å². The number of thiazole rings is 1. The van der Waals surface area contributed by atoms with Gasteiger partial charge in [0.2, 0.25) is 0 Å². The van der Waals surface area contributed by atoms with Crippen LogP contribution in [-0.2, 0) is 9.53 Å². The van der Waals surface area contributed by atoms with Crippen LogP contribution in [0.25, 0.3) is 17.5 Å². The Balaban J connectivity index is 2.10. The van der Waals surface area contributed by atoms with E-state index in [1.807, 2.05) is 60.7 Å². The van der Waals surface area contributed by atoms with Crippen molar-refractivity contribution in [2.24, 2.45) is 5.73 Å². The first-order chi connectivity index (χ1) is 14.6. The molecular weight excluding hydrogens is 398 g/mol. The van der Waals surface area contributed by atoms with E-state index in [-0.39, 0.29) is 22.5 Å². The molecule has 0 bridgehead atoms. The summed E-state index contributed by atoms with van der Waals surface area (Å²) in [5, 5.41) is 10.00. The van der Waals surface area contributed by atoms with E-state index < -0.39 is 11.9 Å². The monoisotopic (exact) mass is 415 g/mol. The summed E-state index contributed by atoms with van der Waals surface area (Å²) in [6.45, 7) is 0. The number of nitrogens with zero attached hydrogens (tertiary/aromatic N) is 2. The molecule has 1 aromatic heterocycles. The Kier molecular flexibility index (Phi) is 5.09. The number of aromatic nitrogens is 1. The molecule has 2 heterocycles. The van der Waals surface area contributed by atoms with Crippen molar-refractivity contribution in [1.82, 2.24) is 4.57 Å². The Hall–Kier alpha value is -3.89. The lowest BCUT2D eigenvalue weighted by molar-refractivity contribution is -0.136. The third kappa shape index (κ3) is 3.13. The van der Waals surface area contributed by atoms with Crippen molar-refractivity contribution in [3.63, 3.8) is 0 Å². The fraction of sp³-hybridized carbons (Fsp3) is 0.0870. The van der Waals surface area contributed by atoms with Crippen molar-refractivity contribution in [3.05, 3.63) is 96.9 Å². The molecule has 1 aliphatic rings. The molecule has 3 aromatic rings. The predicted octanol–water partition coefficient (Wildman–Crippen LogP) is 1.51. The van der Waals surface area contributed by atoms with E-state index in [0.717, 1.165) is 11.1 Å². The summed E-state index contributed by atoms with van der Waals surface area (Å²) < 4.78 is 7.02. The van der Waals surface area contributed by atoms with E-state index in [0.29, 0.717) is 9.20 Å². The molecule has 7 heteroatoms. The number of benzene rings is 2. The van der Waals surface area contributed by atoms with Crippen LogP contribution in [0.15, 0.2) is 71.0 Å². The zero-order valence-electron chi connectivity index (χ0n) is 16.0. The van der Waals surface area contributed by atoms with E-state index >= 15 is 0 Å². The first kappa shape index (κ1) is 19.4. The zero-order valence-corrected chi connectivity index (χ0v) is 16.8. The van der Waals surface area contributed by atoms with Gasteiger partial charge in [-0.25, -0.2) is 4.79 Å². The van der Waals surface area contributed by atoms with Crippen molar-refractivity contribution >= 4 is 34.8 Å². The molecule has 4 rings (SSSR count). The topological polar surface area (TPSA) is 98.1 Å². The van der Waals surface area contributed by atoms with Crippen LogP contribution in [0.4, 0.5) is 0 Å². The fourth-order valence-electron chi connectivity index (χ4n) is 3.54. The molecule has 1 aliphatic heterocycles.